The summed E-state index contributed by atoms with van der Waals surface area (Å²) in [6.45, 7) is 3.63. The van der Waals surface area contributed by atoms with Gasteiger partial charge in [-0.3, -0.25) is 14.4 Å². The van der Waals surface area contributed by atoms with Crippen molar-refractivity contribution in [2.24, 2.45) is 0 Å². The first-order valence-electron chi connectivity index (χ1n) is 9.92. The van der Waals surface area contributed by atoms with Crippen LogP contribution in [0.1, 0.15) is 34.3 Å². The molecule has 0 saturated carbocycles. The van der Waals surface area contributed by atoms with Crippen molar-refractivity contribution >= 4 is 23.0 Å². The highest BCUT2D eigenvalue weighted by molar-refractivity contribution is 6.04. The minimum absolute atomic E-state index is 0.337. The number of nitrogens with one attached hydrogen (secondary N) is 2. The molecule has 154 valence electrons. The fourth-order valence-corrected chi connectivity index (χ4v) is 3.62. The number of rotatable bonds is 6. The van der Waals surface area contributed by atoms with Crippen LogP contribution in [-0.2, 0) is 6.54 Å². The number of halogens is 1. The molecule has 0 radical (unpaired) electrons. The van der Waals surface area contributed by atoms with E-state index in [9.17, 15) is 18.8 Å². The first-order chi connectivity index (χ1) is 14.4. The Morgan fingerprint density at radius 3 is 2.40 bits per heavy atom. The highest BCUT2D eigenvalue weighted by Crippen LogP contribution is 2.24. The minimum atomic E-state index is -0.474. The first kappa shape index (κ1) is 19.8. The van der Waals surface area contributed by atoms with Gasteiger partial charge >= 0.3 is 0 Å². The van der Waals surface area contributed by atoms with Crippen LogP contribution in [-0.4, -0.2) is 19.0 Å². The van der Waals surface area contributed by atoms with Crippen LogP contribution in [0.25, 0.3) is 0 Å². The number of hydrogen-bond acceptors (Lipinski definition) is 5. The van der Waals surface area contributed by atoms with Crippen LogP contribution in [0.15, 0.2) is 52.1 Å². The van der Waals surface area contributed by atoms with Gasteiger partial charge in [-0.2, -0.15) is 0 Å². The molecule has 4 rings (SSSR count). The third-order valence-electron chi connectivity index (χ3n) is 5.42. The van der Waals surface area contributed by atoms with E-state index in [1.807, 2.05) is 4.90 Å². The van der Waals surface area contributed by atoms with Gasteiger partial charge in [0.05, 0.1) is 0 Å². The van der Waals surface area contributed by atoms with Crippen molar-refractivity contribution in [2.75, 3.05) is 28.6 Å². The molecule has 0 bridgehead atoms. The quantitative estimate of drug-likeness (QED) is 0.614. The van der Waals surface area contributed by atoms with Crippen LogP contribution in [0.5, 0.6) is 0 Å². The fourth-order valence-electron chi connectivity index (χ4n) is 3.62. The van der Waals surface area contributed by atoms with Gasteiger partial charge in [0, 0.05) is 30.9 Å². The molecule has 1 fully saturated rings. The van der Waals surface area contributed by atoms with Crippen molar-refractivity contribution in [1.82, 2.24) is 0 Å². The van der Waals surface area contributed by atoms with Crippen molar-refractivity contribution in [3.8, 4) is 0 Å². The highest BCUT2D eigenvalue weighted by Gasteiger charge is 2.27. The number of hydrogen-bond donors (Lipinski definition) is 2. The summed E-state index contributed by atoms with van der Waals surface area (Å²) in [5.74, 6) is -0.711. The lowest BCUT2D eigenvalue weighted by Gasteiger charge is -2.22. The standard InChI is InChI=1S/C23H22FN3O3/c1-14-4-9-17(12-18(14)24)26-23(30)16-7-5-15(6-8-16)13-25-19-20(22(29)21(19)28)27-10-2-3-11-27/h4-9,12,25H,2-3,10-11,13H2,1H3,(H,26,30). The van der Waals surface area contributed by atoms with Gasteiger partial charge in [-0.1, -0.05) is 18.2 Å². The normalized spacial score (nSPS) is 13.6. The molecule has 1 saturated heterocycles. The topological polar surface area (TPSA) is 78.5 Å². The zero-order valence-electron chi connectivity index (χ0n) is 16.6. The van der Waals surface area contributed by atoms with E-state index in [-0.39, 0.29) is 11.7 Å². The summed E-state index contributed by atoms with van der Waals surface area (Å²) in [7, 11) is 0. The van der Waals surface area contributed by atoms with E-state index in [4.69, 9.17) is 0 Å². The number of amides is 1. The third-order valence-corrected chi connectivity index (χ3v) is 5.42. The Kier molecular flexibility index (Phi) is 5.35. The van der Waals surface area contributed by atoms with Gasteiger partial charge in [0.2, 0.25) is 0 Å². The van der Waals surface area contributed by atoms with Crippen molar-refractivity contribution in [3.05, 3.63) is 85.4 Å². The second-order valence-corrected chi connectivity index (χ2v) is 7.54. The van der Waals surface area contributed by atoms with Crippen molar-refractivity contribution in [3.63, 3.8) is 0 Å². The van der Waals surface area contributed by atoms with E-state index < -0.39 is 10.9 Å². The SMILES string of the molecule is Cc1ccc(NC(=O)c2ccc(CNc3c(N4CCCC4)c(=O)c3=O)cc2)cc1F. The van der Waals surface area contributed by atoms with E-state index in [0.29, 0.717) is 34.7 Å². The molecule has 6 nitrogen and oxygen atoms in total. The van der Waals surface area contributed by atoms with E-state index in [2.05, 4.69) is 10.6 Å². The lowest BCUT2D eigenvalue weighted by molar-refractivity contribution is 0.102. The van der Waals surface area contributed by atoms with E-state index in [1.165, 1.54) is 6.07 Å². The summed E-state index contributed by atoms with van der Waals surface area (Å²) in [5.41, 5.74) is 2.20. The Balaban J connectivity index is 1.39. The molecular weight excluding hydrogens is 385 g/mol. The zero-order chi connectivity index (χ0) is 21.3. The Hall–Kier alpha value is -3.48. The molecule has 0 aromatic heterocycles. The Bertz CT molecular complexity index is 1160. The van der Waals surface area contributed by atoms with Gasteiger partial charge in [-0.15, -0.1) is 0 Å². The summed E-state index contributed by atoms with van der Waals surface area (Å²) in [5, 5.41) is 5.74. The maximum atomic E-state index is 13.6. The molecule has 1 heterocycles. The summed E-state index contributed by atoms with van der Waals surface area (Å²) >= 11 is 0. The molecule has 3 aromatic rings. The third kappa shape index (κ3) is 3.83. The number of carbonyl (C=O) groups is 1. The van der Waals surface area contributed by atoms with Crippen LogP contribution in [0.3, 0.4) is 0 Å². The second-order valence-electron chi connectivity index (χ2n) is 7.54. The van der Waals surface area contributed by atoms with Gasteiger partial charge in [0.15, 0.2) is 0 Å². The molecular formula is C23H22FN3O3. The predicted octanol–water partition coefficient (Wildman–Crippen LogP) is 3.19. The van der Waals surface area contributed by atoms with Crippen molar-refractivity contribution < 1.29 is 9.18 Å². The van der Waals surface area contributed by atoms with Gasteiger partial charge < -0.3 is 15.5 Å². The summed E-state index contributed by atoms with van der Waals surface area (Å²) < 4.78 is 13.6. The number of carbonyl (C=O) groups excluding carboxylic acids is 1. The van der Waals surface area contributed by atoms with Gasteiger partial charge in [-0.05, 0) is 55.2 Å². The number of nitrogens with zero attached hydrogens (tertiary/aromatic N) is 1. The molecule has 2 N–H and O–H groups in total. The maximum Gasteiger partial charge on any atom is 0.255 e. The monoisotopic (exact) mass is 407 g/mol. The van der Waals surface area contributed by atoms with Crippen LogP contribution in [0.4, 0.5) is 21.5 Å². The van der Waals surface area contributed by atoms with Crippen molar-refractivity contribution in [1.29, 1.82) is 0 Å². The first-order valence-corrected chi connectivity index (χ1v) is 9.92. The Labute approximate surface area is 173 Å². The van der Waals surface area contributed by atoms with Crippen LogP contribution in [0, 0.1) is 12.7 Å². The number of aryl methyl sites for hydroxylation is 1. The Morgan fingerprint density at radius 2 is 1.73 bits per heavy atom. The average molecular weight is 407 g/mol. The smallest absolute Gasteiger partial charge is 0.255 e. The Morgan fingerprint density at radius 1 is 1.03 bits per heavy atom. The van der Waals surface area contributed by atoms with E-state index in [0.717, 1.165) is 31.5 Å². The van der Waals surface area contributed by atoms with Gasteiger partial charge in [0.25, 0.3) is 16.8 Å². The van der Waals surface area contributed by atoms with Crippen molar-refractivity contribution in [2.45, 2.75) is 26.3 Å². The van der Waals surface area contributed by atoms with Gasteiger partial charge in [-0.25, -0.2) is 4.39 Å². The summed E-state index contributed by atoms with van der Waals surface area (Å²) in [6, 6.07) is 11.4. The highest BCUT2D eigenvalue weighted by atomic mass is 19.1. The van der Waals surface area contributed by atoms with Crippen LogP contribution >= 0.6 is 0 Å². The maximum absolute atomic E-state index is 13.6. The second kappa shape index (κ2) is 8.10. The minimum Gasteiger partial charge on any atom is -0.376 e. The predicted molar refractivity (Wildman–Crippen MR) is 116 cm³/mol. The molecule has 1 amide bonds. The molecule has 7 heteroatoms. The molecule has 1 aliphatic rings. The average Bonchev–Trinajstić information content (AvgIpc) is 3.27. The zero-order valence-corrected chi connectivity index (χ0v) is 16.6. The lowest BCUT2D eigenvalue weighted by atomic mass is 10.1. The van der Waals surface area contributed by atoms with Crippen LogP contribution < -0.4 is 26.4 Å². The molecule has 0 atom stereocenters. The lowest BCUT2D eigenvalue weighted by Crippen LogP contribution is -2.41. The molecule has 30 heavy (non-hydrogen) atoms. The van der Waals surface area contributed by atoms with Crippen LogP contribution in [0.2, 0.25) is 0 Å². The van der Waals surface area contributed by atoms with Gasteiger partial charge in [0.1, 0.15) is 17.2 Å². The molecule has 0 spiro atoms. The summed E-state index contributed by atoms with van der Waals surface area (Å²) in [4.78, 5) is 38.2. The molecule has 0 aliphatic carbocycles. The van der Waals surface area contributed by atoms with E-state index in [1.54, 1.807) is 43.3 Å². The number of anilines is 3. The fraction of sp³-hybridized carbons (Fsp3) is 0.261. The largest absolute Gasteiger partial charge is 0.376 e. The molecule has 1 aliphatic heterocycles. The number of benzene rings is 2. The van der Waals surface area contributed by atoms with E-state index >= 15 is 0 Å². The molecule has 3 aromatic carbocycles. The molecule has 0 unspecified atom stereocenters. The summed E-state index contributed by atoms with van der Waals surface area (Å²) in [6.07, 6.45) is 2.05.